The molecule has 75 heavy (non-hydrogen) atoms. The number of carbonyl (C=O) groups is 1. The first-order chi connectivity index (χ1) is 37.1. The minimum absolute atomic E-state index is 0.153. The maximum absolute atomic E-state index is 12.6. The SMILES string of the molecule is CCCCCCCCCCCCCCC/C=C\C/C=C\CCCCCCCCCCCCCCCCCCCC(=O)NC(CO)C(O)C(O)CCC/C=C/CC/C=C/CCCCCCCCCCCCCCCCC. The fourth-order valence-electron chi connectivity index (χ4n) is 10.7. The van der Waals surface area contributed by atoms with E-state index in [0.717, 1.165) is 51.4 Å². The molecule has 0 fully saturated rings. The predicted octanol–water partition coefficient (Wildman–Crippen LogP) is 21.9. The van der Waals surface area contributed by atoms with Crippen LogP contribution in [0.25, 0.3) is 0 Å². The topological polar surface area (TPSA) is 89.8 Å². The maximum atomic E-state index is 12.6. The summed E-state index contributed by atoms with van der Waals surface area (Å²) in [5, 5.41) is 33.9. The third-order valence-electron chi connectivity index (χ3n) is 15.9. The molecule has 3 atom stereocenters. The van der Waals surface area contributed by atoms with E-state index in [-0.39, 0.29) is 12.5 Å². The summed E-state index contributed by atoms with van der Waals surface area (Å²) in [5.41, 5.74) is 0. The Balaban J connectivity index is 3.52. The first kappa shape index (κ1) is 73.3. The lowest BCUT2D eigenvalue weighted by atomic mass is 10.0. The summed E-state index contributed by atoms with van der Waals surface area (Å²) in [6, 6.07) is -0.835. The van der Waals surface area contributed by atoms with Crippen molar-refractivity contribution in [2.45, 2.75) is 385 Å². The quantitative estimate of drug-likeness (QED) is 0.0361. The van der Waals surface area contributed by atoms with E-state index in [2.05, 4.69) is 67.8 Å². The number of allylic oxidation sites excluding steroid dienone is 8. The van der Waals surface area contributed by atoms with Gasteiger partial charge in [0.2, 0.25) is 5.91 Å². The number of unbranched alkanes of at least 4 members (excludes halogenated alkanes) is 47. The van der Waals surface area contributed by atoms with E-state index in [4.69, 9.17) is 0 Å². The highest BCUT2D eigenvalue weighted by atomic mass is 16.3. The molecule has 0 spiro atoms. The van der Waals surface area contributed by atoms with Gasteiger partial charge in [0.25, 0.3) is 0 Å². The van der Waals surface area contributed by atoms with Gasteiger partial charge in [-0.1, -0.05) is 326 Å². The first-order valence-corrected chi connectivity index (χ1v) is 33.9. The van der Waals surface area contributed by atoms with Gasteiger partial charge in [0.05, 0.1) is 18.8 Å². The molecule has 0 saturated heterocycles. The summed E-state index contributed by atoms with van der Waals surface area (Å²) in [5.74, 6) is -0.153. The summed E-state index contributed by atoms with van der Waals surface area (Å²) in [6.45, 7) is 4.21. The highest BCUT2D eigenvalue weighted by Crippen LogP contribution is 2.18. The molecular formula is C70H133NO4. The number of aliphatic hydroxyl groups is 3. The van der Waals surface area contributed by atoms with Gasteiger partial charge in [-0.15, -0.1) is 0 Å². The van der Waals surface area contributed by atoms with Crippen molar-refractivity contribution in [1.82, 2.24) is 5.32 Å². The minimum atomic E-state index is -1.17. The van der Waals surface area contributed by atoms with E-state index in [1.807, 2.05) is 0 Å². The van der Waals surface area contributed by atoms with Gasteiger partial charge in [-0.3, -0.25) is 4.79 Å². The molecule has 0 aromatic heterocycles. The van der Waals surface area contributed by atoms with Crippen LogP contribution in [0.4, 0.5) is 0 Å². The van der Waals surface area contributed by atoms with Crippen LogP contribution in [0.1, 0.15) is 367 Å². The van der Waals surface area contributed by atoms with Gasteiger partial charge in [-0.25, -0.2) is 0 Å². The summed E-state index contributed by atoms with van der Waals surface area (Å²) in [6.07, 6.45) is 87.5. The van der Waals surface area contributed by atoms with E-state index >= 15 is 0 Å². The van der Waals surface area contributed by atoms with Gasteiger partial charge in [-0.2, -0.15) is 0 Å². The van der Waals surface area contributed by atoms with E-state index in [1.54, 1.807) is 0 Å². The number of carbonyl (C=O) groups excluding carboxylic acids is 1. The second kappa shape index (κ2) is 64.8. The average molecular weight is 1050 g/mol. The zero-order valence-corrected chi connectivity index (χ0v) is 50.7. The van der Waals surface area contributed by atoms with Gasteiger partial charge in [0.1, 0.15) is 6.10 Å². The van der Waals surface area contributed by atoms with Gasteiger partial charge in [0.15, 0.2) is 0 Å². The lowest BCUT2D eigenvalue weighted by Crippen LogP contribution is -2.50. The van der Waals surface area contributed by atoms with Crippen molar-refractivity contribution < 1.29 is 20.1 Å². The molecule has 0 rings (SSSR count). The number of hydrogen-bond donors (Lipinski definition) is 4. The van der Waals surface area contributed by atoms with Gasteiger partial charge < -0.3 is 20.6 Å². The Bertz CT molecular complexity index is 1210. The van der Waals surface area contributed by atoms with Crippen LogP contribution in [-0.2, 0) is 4.79 Å². The number of rotatable bonds is 63. The Kier molecular flexibility index (Phi) is 63.4. The summed E-state index contributed by atoms with van der Waals surface area (Å²) >= 11 is 0. The van der Waals surface area contributed by atoms with E-state index in [1.165, 1.54) is 289 Å². The summed E-state index contributed by atoms with van der Waals surface area (Å²) in [4.78, 5) is 12.6. The molecule has 0 aromatic carbocycles. The fraction of sp³-hybridized carbons (Fsp3) is 0.871. The molecule has 5 nitrogen and oxygen atoms in total. The van der Waals surface area contributed by atoms with Crippen LogP contribution in [0.3, 0.4) is 0 Å². The van der Waals surface area contributed by atoms with E-state index in [9.17, 15) is 20.1 Å². The number of hydrogen-bond acceptors (Lipinski definition) is 4. The van der Waals surface area contributed by atoms with Crippen LogP contribution in [0, 0.1) is 0 Å². The molecule has 1 amide bonds. The highest BCUT2D eigenvalue weighted by molar-refractivity contribution is 5.76. The van der Waals surface area contributed by atoms with Crippen LogP contribution < -0.4 is 5.32 Å². The van der Waals surface area contributed by atoms with Crippen molar-refractivity contribution in [3.8, 4) is 0 Å². The minimum Gasteiger partial charge on any atom is -0.394 e. The largest absolute Gasteiger partial charge is 0.394 e. The number of amides is 1. The number of aliphatic hydroxyl groups excluding tert-OH is 3. The fourth-order valence-corrected chi connectivity index (χ4v) is 10.7. The molecular weight excluding hydrogens is 919 g/mol. The van der Waals surface area contributed by atoms with Crippen molar-refractivity contribution in [2.24, 2.45) is 0 Å². The summed E-state index contributed by atoms with van der Waals surface area (Å²) in [7, 11) is 0. The monoisotopic (exact) mass is 1050 g/mol. The van der Waals surface area contributed by atoms with E-state index < -0.39 is 18.2 Å². The Labute approximate surface area is 469 Å². The molecule has 0 aromatic rings. The lowest BCUT2D eigenvalue weighted by Gasteiger charge is -2.26. The third-order valence-corrected chi connectivity index (χ3v) is 15.9. The highest BCUT2D eigenvalue weighted by Gasteiger charge is 2.26. The smallest absolute Gasteiger partial charge is 0.220 e. The zero-order chi connectivity index (χ0) is 54.3. The van der Waals surface area contributed by atoms with Gasteiger partial charge in [0, 0.05) is 6.42 Å². The Morgan fingerprint density at radius 1 is 0.333 bits per heavy atom. The van der Waals surface area contributed by atoms with Gasteiger partial charge >= 0.3 is 0 Å². The molecule has 0 saturated carbocycles. The van der Waals surface area contributed by atoms with Gasteiger partial charge in [-0.05, 0) is 83.5 Å². The molecule has 0 aliphatic rings. The average Bonchev–Trinajstić information content (AvgIpc) is 3.41. The Morgan fingerprint density at radius 2 is 0.587 bits per heavy atom. The van der Waals surface area contributed by atoms with Crippen LogP contribution in [0.15, 0.2) is 48.6 Å². The molecule has 442 valence electrons. The molecule has 0 radical (unpaired) electrons. The molecule has 4 N–H and O–H groups in total. The first-order valence-electron chi connectivity index (χ1n) is 33.9. The Morgan fingerprint density at radius 3 is 0.893 bits per heavy atom. The van der Waals surface area contributed by atoms with E-state index in [0.29, 0.717) is 12.8 Å². The molecule has 3 unspecified atom stereocenters. The third kappa shape index (κ3) is 59.8. The van der Waals surface area contributed by atoms with Crippen LogP contribution in [0.2, 0.25) is 0 Å². The van der Waals surface area contributed by atoms with Crippen LogP contribution in [-0.4, -0.2) is 46.1 Å². The number of nitrogens with one attached hydrogen (secondary N) is 1. The van der Waals surface area contributed by atoms with Crippen molar-refractivity contribution in [3.05, 3.63) is 48.6 Å². The molecule has 0 heterocycles. The van der Waals surface area contributed by atoms with Crippen molar-refractivity contribution in [2.75, 3.05) is 6.61 Å². The van der Waals surface area contributed by atoms with Crippen LogP contribution in [0.5, 0.6) is 0 Å². The second-order valence-corrected chi connectivity index (χ2v) is 23.4. The van der Waals surface area contributed by atoms with Crippen LogP contribution >= 0.6 is 0 Å². The van der Waals surface area contributed by atoms with Crippen molar-refractivity contribution in [3.63, 3.8) is 0 Å². The van der Waals surface area contributed by atoms with Crippen molar-refractivity contribution in [1.29, 1.82) is 0 Å². The molecule has 0 bridgehead atoms. The zero-order valence-electron chi connectivity index (χ0n) is 50.7. The van der Waals surface area contributed by atoms with Crippen molar-refractivity contribution >= 4 is 5.91 Å². The molecule has 0 aliphatic heterocycles. The standard InChI is InChI=1S/C70H133NO4/c1-3-5-7-9-11-13-15-17-19-21-23-25-27-29-30-31-32-33-34-35-36-37-38-39-40-41-43-45-47-49-51-53-55-57-59-61-63-65-69(74)71-67(66-72)70(75)68(73)64-62-60-58-56-54-52-50-48-46-44-42-28-26-24-22-20-18-16-14-12-10-8-6-4-2/h30-31,33-34,48,50,56,58,67-68,70,72-73,75H,3-29,32,35-47,49,51-55,57,59-66H2,1-2H3,(H,71,74)/b31-30-,34-33-,50-48+,58-56+. The second-order valence-electron chi connectivity index (χ2n) is 23.4. The maximum Gasteiger partial charge on any atom is 0.220 e. The predicted molar refractivity (Wildman–Crippen MR) is 333 cm³/mol. The molecule has 5 heteroatoms. The molecule has 0 aliphatic carbocycles. The lowest BCUT2D eigenvalue weighted by molar-refractivity contribution is -0.124. The normalized spacial score (nSPS) is 13.4. The summed E-state index contributed by atoms with van der Waals surface area (Å²) < 4.78 is 0. The Hall–Kier alpha value is -1.69.